The van der Waals surface area contributed by atoms with E-state index in [-0.39, 0.29) is 11.3 Å². The number of benzene rings is 2. The Balaban J connectivity index is 2.00. The average molecular weight is 423 g/mol. The highest BCUT2D eigenvalue weighted by Gasteiger charge is 2.32. The smallest absolute Gasteiger partial charge is 0.416 e. The van der Waals surface area contributed by atoms with Crippen molar-refractivity contribution in [3.63, 3.8) is 0 Å². The zero-order valence-corrected chi connectivity index (χ0v) is 15.0. The summed E-state index contributed by atoms with van der Waals surface area (Å²) in [6.45, 7) is 0. The van der Waals surface area contributed by atoms with Crippen LogP contribution in [-0.4, -0.2) is 10.5 Å². The predicted molar refractivity (Wildman–Crippen MR) is 97.3 cm³/mol. The van der Waals surface area contributed by atoms with Crippen LogP contribution < -0.4 is 15.6 Å². The van der Waals surface area contributed by atoms with Gasteiger partial charge in [0.15, 0.2) is 11.6 Å². The molecule has 10 heteroatoms. The van der Waals surface area contributed by atoms with E-state index >= 15 is 0 Å². The number of hydrogen-bond donors (Lipinski definition) is 1. The molecule has 5 nitrogen and oxygen atoms in total. The van der Waals surface area contributed by atoms with Crippen molar-refractivity contribution in [2.24, 2.45) is 0 Å². The van der Waals surface area contributed by atoms with E-state index in [1.165, 1.54) is 12.3 Å². The number of nitrogens with zero attached hydrogens (tertiary/aromatic N) is 1. The number of carbonyl (C=O) groups excluding carboxylic acids is 1. The molecule has 155 valence electrons. The van der Waals surface area contributed by atoms with Crippen molar-refractivity contribution < 1.29 is 31.5 Å². The van der Waals surface area contributed by atoms with Gasteiger partial charge in [-0.2, -0.15) is 13.2 Å². The van der Waals surface area contributed by atoms with Crippen molar-refractivity contribution in [3.8, 4) is 11.5 Å². The molecule has 0 atom stereocenters. The van der Waals surface area contributed by atoms with Crippen molar-refractivity contribution >= 4 is 11.6 Å². The minimum absolute atomic E-state index is 0.0590. The van der Waals surface area contributed by atoms with Crippen molar-refractivity contribution in [2.45, 2.75) is 6.18 Å². The summed E-state index contributed by atoms with van der Waals surface area (Å²) >= 11 is 0. The average Bonchev–Trinajstić information content (AvgIpc) is 2.66. The van der Waals surface area contributed by atoms with E-state index in [1.54, 1.807) is 0 Å². The van der Waals surface area contributed by atoms with E-state index in [0.717, 1.165) is 28.8 Å². The molecule has 0 aliphatic heterocycles. The quantitative estimate of drug-likeness (QED) is 0.612. The van der Waals surface area contributed by atoms with Crippen molar-refractivity contribution in [1.29, 1.82) is 0 Å². The Morgan fingerprint density at radius 1 is 1.00 bits per heavy atom. The number of rotatable bonds is 4. The minimum atomic E-state index is -4.76. The molecule has 0 aliphatic rings. The molecule has 3 aromatic rings. The number of anilines is 1. The molecule has 0 saturated heterocycles. The molecule has 0 bridgehead atoms. The van der Waals surface area contributed by atoms with E-state index in [4.69, 9.17) is 4.74 Å². The Hall–Kier alpha value is -3.69. The van der Waals surface area contributed by atoms with Crippen LogP contribution in [0.2, 0.25) is 0 Å². The summed E-state index contributed by atoms with van der Waals surface area (Å²) in [5.41, 5.74) is -1.99. The predicted octanol–water partition coefficient (Wildman–Crippen LogP) is 4.83. The third kappa shape index (κ3) is 4.65. The molecule has 30 heavy (non-hydrogen) atoms. The molecule has 1 N–H and O–H groups in total. The zero-order valence-electron chi connectivity index (χ0n) is 15.0. The van der Waals surface area contributed by atoms with Gasteiger partial charge in [0.2, 0.25) is 0 Å². The number of halogens is 5. The van der Waals surface area contributed by atoms with Gasteiger partial charge in [0.05, 0.1) is 11.1 Å². The van der Waals surface area contributed by atoms with Crippen LogP contribution in [0, 0.1) is 18.7 Å². The molecular weight excluding hydrogens is 411 g/mol. The summed E-state index contributed by atoms with van der Waals surface area (Å²) < 4.78 is 72.4. The SMILES string of the molecule is [CH2]n1ccc(NC(=O)c2ccc(C(F)(F)F)cc2Oc2ccc(F)cc2F)cc1=O. The van der Waals surface area contributed by atoms with Crippen molar-refractivity contribution in [2.75, 3.05) is 5.32 Å². The molecule has 1 aromatic heterocycles. The molecule has 0 fully saturated rings. The second-order valence-electron chi connectivity index (χ2n) is 6.06. The van der Waals surface area contributed by atoms with Crippen molar-refractivity contribution in [3.05, 3.63) is 94.9 Å². The van der Waals surface area contributed by atoms with Crippen LogP contribution in [-0.2, 0) is 6.18 Å². The van der Waals surface area contributed by atoms with E-state index in [9.17, 15) is 31.5 Å². The molecule has 1 radical (unpaired) electrons. The van der Waals surface area contributed by atoms with Crippen LogP contribution in [0.15, 0.2) is 59.5 Å². The molecule has 1 heterocycles. The number of hydrogen-bond acceptors (Lipinski definition) is 3. The number of amides is 1. The maximum atomic E-state index is 13.9. The summed E-state index contributed by atoms with van der Waals surface area (Å²) in [4.78, 5) is 24.2. The number of pyridine rings is 1. The Labute approximate surface area is 166 Å². The normalized spacial score (nSPS) is 11.3. The summed E-state index contributed by atoms with van der Waals surface area (Å²) in [5, 5.41) is 2.34. The Kier molecular flexibility index (Phi) is 5.59. The van der Waals surface area contributed by atoms with Gasteiger partial charge in [-0.25, -0.2) is 8.78 Å². The molecule has 0 saturated carbocycles. The second kappa shape index (κ2) is 7.97. The maximum Gasteiger partial charge on any atom is 0.416 e. The van der Waals surface area contributed by atoms with Crippen LogP contribution >= 0.6 is 0 Å². The lowest BCUT2D eigenvalue weighted by Crippen LogP contribution is -2.18. The topological polar surface area (TPSA) is 60.3 Å². The Morgan fingerprint density at radius 2 is 1.73 bits per heavy atom. The number of ether oxygens (including phenoxy) is 1. The highest BCUT2D eigenvalue weighted by Crippen LogP contribution is 2.35. The van der Waals surface area contributed by atoms with Crippen LogP contribution in [0.4, 0.5) is 27.6 Å². The number of carbonyl (C=O) groups is 1. The summed E-state index contributed by atoms with van der Waals surface area (Å²) in [5.74, 6) is -4.19. The van der Waals surface area contributed by atoms with Gasteiger partial charge >= 0.3 is 6.18 Å². The minimum Gasteiger partial charge on any atom is -0.453 e. The first-order chi connectivity index (χ1) is 14.0. The van der Waals surface area contributed by atoms with Crippen LogP contribution in [0.1, 0.15) is 15.9 Å². The van der Waals surface area contributed by atoms with E-state index < -0.39 is 46.3 Å². The van der Waals surface area contributed by atoms with Gasteiger partial charge in [-0.05, 0) is 36.4 Å². The maximum absolute atomic E-state index is 13.9. The molecule has 1 amide bonds. The molecule has 0 spiro atoms. The van der Waals surface area contributed by atoms with E-state index in [2.05, 4.69) is 12.4 Å². The molecule has 0 unspecified atom stereocenters. The fraction of sp³-hybridized carbons (Fsp3) is 0.0500. The fourth-order valence-corrected chi connectivity index (χ4v) is 2.43. The van der Waals surface area contributed by atoms with Crippen LogP contribution in [0.5, 0.6) is 11.5 Å². The summed E-state index contributed by atoms with van der Waals surface area (Å²) in [6, 6.07) is 6.61. The van der Waals surface area contributed by atoms with Gasteiger partial charge in [-0.3, -0.25) is 9.59 Å². The molecule has 2 aromatic carbocycles. The second-order valence-corrected chi connectivity index (χ2v) is 6.06. The van der Waals surface area contributed by atoms with Gasteiger partial charge < -0.3 is 14.6 Å². The fourth-order valence-electron chi connectivity index (χ4n) is 2.43. The third-order valence-corrected chi connectivity index (χ3v) is 3.92. The van der Waals surface area contributed by atoms with E-state index in [1.807, 2.05) is 0 Å². The lowest BCUT2D eigenvalue weighted by Gasteiger charge is -2.15. The third-order valence-electron chi connectivity index (χ3n) is 3.92. The molecule has 0 aliphatic carbocycles. The van der Waals surface area contributed by atoms with E-state index in [0.29, 0.717) is 18.2 Å². The largest absolute Gasteiger partial charge is 0.453 e. The highest BCUT2D eigenvalue weighted by molar-refractivity contribution is 6.06. The Bertz CT molecular complexity index is 1170. The van der Waals surface area contributed by atoms with Gasteiger partial charge in [-0.1, -0.05) is 0 Å². The number of nitrogens with one attached hydrogen (secondary N) is 1. The lowest BCUT2D eigenvalue weighted by molar-refractivity contribution is -0.137. The van der Waals surface area contributed by atoms with Crippen LogP contribution in [0.3, 0.4) is 0 Å². The monoisotopic (exact) mass is 423 g/mol. The Morgan fingerprint density at radius 3 is 2.37 bits per heavy atom. The molecular formula is C20H12F5N2O3. The lowest BCUT2D eigenvalue weighted by atomic mass is 10.1. The summed E-state index contributed by atoms with van der Waals surface area (Å²) in [7, 11) is 3.41. The van der Waals surface area contributed by atoms with Crippen molar-refractivity contribution in [1.82, 2.24) is 4.57 Å². The number of aromatic nitrogens is 1. The molecule has 3 rings (SSSR count). The van der Waals surface area contributed by atoms with Gasteiger partial charge in [0, 0.05) is 31.1 Å². The number of alkyl halides is 3. The van der Waals surface area contributed by atoms with Gasteiger partial charge in [0.25, 0.3) is 11.5 Å². The summed E-state index contributed by atoms with van der Waals surface area (Å²) in [6.07, 6.45) is -3.48. The van der Waals surface area contributed by atoms with Gasteiger partial charge in [0.1, 0.15) is 11.6 Å². The first kappa shape index (κ1) is 21.0. The first-order valence-corrected chi connectivity index (χ1v) is 8.23. The van der Waals surface area contributed by atoms with Gasteiger partial charge in [-0.15, -0.1) is 0 Å². The van der Waals surface area contributed by atoms with Crippen LogP contribution in [0.25, 0.3) is 0 Å². The zero-order chi connectivity index (χ0) is 22.1. The highest BCUT2D eigenvalue weighted by atomic mass is 19.4. The first-order valence-electron chi connectivity index (χ1n) is 8.23. The standard InChI is InChI=1S/C20H12F5N2O3/c1-27-7-6-13(10-18(27)28)26-19(29)14-4-2-11(20(23,24)25)8-17(14)30-16-5-3-12(21)9-15(16)22/h2-10H,1H2,(H,26,29).